The molecule has 0 aromatic carbocycles. The summed E-state index contributed by atoms with van der Waals surface area (Å²) in [5, 5.41) is 14.1. The Morgan fingerprint density at radius 2 is 2.25 bits per heavy atom. The summed E-state index contributed by atoms with van der Waals surface area (Å²) in [7, 11) is 1.30. The molecule has 1 aliphatic carbocycles. The molecule has 28 heavy (non-hydrogen) atoms. The summed E-state index contributed by atoms with van der Waals surface area (Å²) >= 11 is 1.36. The molecule has 0 spiro atoms. The molecule has 148 valence electrons. The first-order chi connectivity index (χ1) is 13.4. The molecule has 0 aliphatic heterocycles. The second-order valence-corrected chi connectivity index (χ2v) is 7.57. The average Bonchev–Trinajstić information content (AvgIpc) is 3.02. The van der Waals surface area contributed by atoms with Crippen LogP contribution in [-0.4, -0.2) is 35.5 Å². The number of aromatic nitrogens is 1. The van der Waals surface area contributed by atoms with Gasteiger partial charge in [0.15, 0.2) is 6.61 Å². The van der Waals surface area contributed by atoms with E-state index < -0.39 is 29.2 Å². The number of pyridine rings is 1. The molecule has 0 saturated carbocycles. The molecular formula is C18H19N3O6S. The van der Waals surface area contributed by atoms with Crippen molar-refractivity contribution in [1.82, 2.24) is 4.98 Å². The molecule has 9 nitrogen and oxygen atoms in total. The van der Waals surface area contributed by atoms with E-state index in [4.69, 9.17) is 9.47 Å². The molecule has 1 N–H and O–H groups in total. The van der Waals surface area contributed by atoms with E-state index in [-0.39, 0.29) is 5.75 Å². The van der Waals surface area contributed by atoms with Crippen LogP contribution in [0.15, 0.2) is 18.3 Å². The van der Waals surface area contributed by atoms with E-state index in [1.165, 1.54) is 36.8 Å². The van der Waals surface area contributed by atoms with Crippen molar-refractivity contribution >= 4 is 34.0 Å². The molecule has 0 radical (unpaired) electrons. The van der Waals surface area contributed by atoms with E-state index in [2.05, 4.69) is 17.2 Å². The van der Waals surface area contributed by atoms with E-state index in [0.29, 0.717) is 16.5 Å². The highest BCUT2D eigenvalue weighted by Gasteiger charge is 2.29. The number of anilines is 1. The SMILES string of the molecule is COC(=O)c1c(NC(=O)COc2cccnc2[N+](=O)[O-])sc2c1CC[C@@H](C)C2. The topological polar surface area (TPSA) is 121 Å². The minimum absolute atomic E-state index is 0.102. The van der Waals surface area contributed by atoms with Gasteiger partial charge in [-0.05, 0) is 52.8 Å². The molecule has 2 heterocycles. The third-order valence-corrected chi connectivity index (χ3v) is 5.61. The van der Waals surface area contributed by atoms with Crippen molar-refractivity contribution in [2.45, 2.75) is 26.2 Å². The van der Waals surface area contributed by atoms with Crippen molar-refractivity contribution in [2.24, 2.45) is 5.92 Å². The zero-order valence-electron chi connectivity index (χ0n) is 15.4. The highest BCUT2D eigenvalue weighted by atomic mass is 32.1. The van der Waals surface area contributed by atoms with Crippen LogP contribution >= 0.6 is 11.3 Å². The summed E-state index contributed by atoms with van der Waals surface area (Å²) in [6, 6.07) is 2.84. The first-order valence-electron chi connectivity index (χ1n) is 8.65. The molecule has 3 rings (SSSR count). The minimum atomic E-state index is -0.683. The normalized spacial score (nSPS) is 15.4. The van der Waals surface area contributed by atoms with E-state index in [1.807, 2.05) is 0 Å². The predicted molar refractivity (Wildman–Crippen MR) is 102 cm³/mol. The van der Waals surface area contributed by atoms with Crippen LogP contribution in [0.4, 0.5) is 10.8 Å². The molecule has 1 aliphatic rings. The first kappa shape index (κ1) is 19.7. The summed E-state index contributed by atoms with van der Waals surface area (Å²) in [6.45, 7) is 1.69. The highest BCUT2D eigenvalue weighted by molar-refractivity contribution is 7.17. The number of thiophene rings is 1. The van der Waals surface area contributed by atoms with Gasteiger partial charge in [-0.1, -0.05) is 6.92 Å². The number of amides is 1. The Hall–Kier alpha value is -3.01. The Kier molecular flexibility index (Phi) is 5.88. The van der Waals surface area contributed by atoms with Crippen LogP contribution in [0.25, 0.3) is 0 Å². The van der Waals surface area contributed by atoms with Gasteiger partial charge in [-0.3, -0.25) is 4.79 Å². The van der Waals surface area contributed by atoms with Crippen LogP contribution in [-0.2, 0) is 22.4 Å². The Morgan fingerprint density at radius 3 is 2.96 bits per heavy atom. The lowest BCUT2D eigenvalue weighted by Crippen LogP contribution is -2.21. The van der Waals surface area contributed by atoms with Crippen LogP contribution in [0.2, 0.25) is 0 Å². The van der Waals surface area contributed by atoms with Crippen LogP contribution in [0.3, 0.4) is 0 Å². The van der Waals surface area contributed by atoms with Crippen LogP contribution in [0.1, 0.15) is 34.1 Å². The maximum absolute atomic E-state index is 12.3. The lowest BCUT2D eigenvalue weighted by Gasteiger charge is -2.18. The van der Waals surface area contributed by atoms with E-state index in [1.54, 1.807) is 0 Å². The maximum Gasteiger partial charge on any atom is 0.406 e. The second kappa shape index (κ2) is 8.34. The van der Waals surface area contributed by atoms with Gasteiger partial charge in [-0.15, -0.1) is 11.3 Å². The van der Waals surface area contributed by atoms with E-state index in [9.17, 15) is 19.7 Å². The molecule has 0 fully saturated rings. The number of methoxy groups -OCH3 is 1. The van der Waals surface area contributed by atoms with E-state index >= 15 is 0 Å². The molecule has 2 aromatic rings. The Bertz CT molecular complexity index is 926. The average molecular weight is 405 g/mol. The number of hydrogen-bond donors (Lipinski definition) is 1. The lowest BCUT2D eigenvalue weighted by atomic mass is 9.88. The van der Waals surface area contributed by atoms with Crippen LogP contribution in [0.5, 0.6) is 5.75 Å². The fourth-order valence-corrected chi connectivity index (χ4v) is 4.51. The standard InChI is InChI=1S/C18H19N3O6S/c1-10-5-6-11-13(8-10)28-17(15(11)18(23)26-2)20-14(22)9-27-12-4-3-7-19-16(12)21(24)25/h3-4,7,10H,5-6,8-9H2,1-2H3,(H,20,22)/t10-/m1/s1. The molecule has 1 amide bonds. The number of carbonyl (C=O) groups excluding carboxylic acids is 2. The van der Waals surface area contributed by atoms with Crippen molar-refractivity contribution in [3.63, 3.8) is 0 Å². The predicted octanol–water partition coefficient (Wildman–Crippen LogP) is 2.98. The van der Waals surface area contributed by atoms with Crippen molar-refractivity contribution in [3.05, 3.63) is 44.4 Å². The van der Waals surface area contributed by atoms with Gasteiger partial charge in [0, 0.05) is 4.88 Å². The van der Waals surface area contributed by atoms with Gasteiger partial charge < -0.3 is 24.9 Å². The second-order valence-electron chi connectivity index (χ2n) is 6.47. The van der Waals surface area contributed by atoms with Crippen LogP contribution in [0, 0.1) is 16.0 Å². The third kappa shape index (κ3) is 4.11. The Balaban J connectivity index is 1.76. The fraction of sp³-hybridized carbons (Fsp3) is 0.389. The number of carbonyl (C=O) groups is 2. The summed E-state index contributed by atoms with van der Waals surface area (Å²) in [5.41, 5.74) is 1.31. The van der Waals surface area contributed by atoms with Crippen LogP contribution < -0.4 is 10.1 Å². The van der Waals surface area contributed by atoms with E-state index in [0.717, 1.165) is 29.7 Å². The van der Waals surface area contributed by atoms with Crippen molar-refractivity contribution in [1.29, 1.82) is 0 Å². The number of nitrogens with one attached hydrogen (secondary N) is 1. The number of fused-ring (bicyclic) bond motifs is 1. The van der Waals surface area contributed by atoms with Gasteiger partial charge in [0.1, 0.15) is 11.2 Å². The zero-order chi connectivity index (χ0) is 20.3. The molecule has 1 atom stereocenters. The largest absolute Gasteiger partial charge is 0.476 e. The van der Waals surface area contributed by atoms with Gasteiger partial charge >= 0.3 is 11.8 Å². The highest BCUT2D eigenvalue weighted by Crippen LogP contribution is 2.40. The van der Waals surface area contributed by atoms with Gasteiger partial charge in [0.25, 0.3) is 5.91 Å². The van der Waals surface area contributed by atoms with Gasteiger partial charge in [-0.25, -0.2) is 4.79 Å². The zero-order valence-corrected chi connectivity index (χ0v) is 16.2. The minimum Gasteiger partial charge on any atom is -0.476 e. The van der Waals surface area contributed by atoms with Gasteiger partial charge in [0.2, 0.25) is 5.75 Å². The fourth-order valence-electron chi connectivity index (χ4n) is 3.09. The van der Waals surface area contributed by atoms with Crippen molar-refractivity contribution in [2.75, 3.05) is 19.0 Å². The molecule has 0 bridgehead atoms. The maximum atomic E-state index is 12.3. The summed E-state index contributed by atoms with van der Waals surface area (Å²) < 4.78 is 10.1. The number of nitrogens with zero attached hydrogens (tertiary/aromatic N) is 2. The smallest absolute Gasteiger partial charge is 0.406 e. The quantitative estimate of drug-likeness (QED) is 0.445. The number of rotatable bonds is 6. The monoisotopic (exact) mass is 405 g/mol. The molecule has 10 heteroatoms. The Morgan fingerprint density at radius 1 is 1.46 bits per heavy atom. The summed E-state index contributed by atoms with van der Waals surface area (Å²) in [5.74, 6) is -1.09. The third-order valence-electron chi connectivity index (χ3n) is 4.44. The molecular weight excluding hydrogens is 386 g/mol. The van der Waals surface area contributed by atoms with Gasteiger partial charge in [-0.2, -0.15) is 0 Å². The number of ether oxygens (including phenoxy) is 2. The summed E-state index contributed by atoms with van der Waals surface area (Å²) in [4.78, 5) is 39.6. The number of esters is 1. The molecule has 0 unspecified atom stereocenters. The summed E-state index contributed by atoms with van der Waals surface area (Å²) in [6.07, 6.45) is 3.84. The van der Waals surface area contributed by atoms with Gasteiger partial charge in [0.05, 0.1) is 12.7 Å². The van der Waals surface area contributed by atoms with Crippen molar-refractivity contribution in [3.8, 4) is 5.75 Å². The Labute approximate surface area is 164 Å². The number of hydrogen-bond acceptors (Lipinski definition) is 8. The number of nitro groups is 1. The molecule has 2 aromatic heterocycles. The lowest BCUT2D eigenvalue weighted by molar-refractivity contribution is -0.390. The first-order valence-corrected chi connectivity index (χ1v) is 9.47. The molecule has 0 saturated heterocycles. The van der Waals surface area contributed by atoms with Crippen molar-refractivity contribution < 1.29 is 24.0 Å².